The van der Waals surface area contributed by atoms with Crippen LogP contribution in [0.4, 0.5) is 0 Å². The van der Waals surface area contributed by atoms with Crippen LogP contribution in [-0.4, -0.2) is 40.5 Å². The summed E-state index contributed by atoms with van der Waals surface area (Å²) in [5.41, 5.74) is 1.52. The summed E-state index contributed by atoms with van der Waals surface area (Å²) in [6.07, 6.45) is 5.79. The van der Waals surface area contributed by atoms with E-state index in [1.165, 1.54) is 12.1 Å². The minimum atomic E-state index is -4.37. The van der Waals surface area contributed by atoms with Gasteiger partial charge in [0.25, 0.3) is 10.0 Å². The summed E-state index contributed by atoms with van der Waals surface area (Å²) < 4.78 is 35.2. The topological polar surface area (TPSA) is 128 Å². The number of hydrazine groups is 1. The molecule has 0 saturated heterocycles. The van der Waals surface area contributed by atoms with E-state index in [1.807, 2.05) is 0 Å². The van der Waals surface area contributed by atoms with Gasteiger partial charge in [0.1, 0.15) is 0 Å². The molecule has 0 radical (unpaired) electrons. The second-order valence-corrected chi connectivity index (χ2v) is 10.6. The number of carbonyl (C=O) groups is 3. The fourth-order valence-electron chi connectivity index (χ4n) is 5.96. The fourth-order valence-corrected chi connectivity index (χ4v) is 7.02. The highest BCUT2D eigenvalue weighted by Crippen LogP contribution is 2.60. The maximum atomic E-state index is 13.1. The molecule has 5 rings (SSSR count). The van der Waals surface area contributed by atoms with Crippen LogP contribution in [0.15, 0.2) is 23.1 Å². The lowest BCUT2D eigenvalue weighted by molar-refractivity contribution is -0.146. The molecule has 168 valence electrons. The van der Waals surface area contributed by atoms with Gasteiger partial charge in [0, 0.05) is 0 Å². The zero-order valence-corrected chi connectivity index (χ0v) is 18.3. The Kier molecular flexibility index (Phi) is 5.55. The third-order valence-corrected chi connectivity index (χ3v) is 8.20. The van der Waals surface area contributed by atoms with Crippen LogP contribution in [-0.2, 0) is 24.3 Å². The first-order valence-corrected chi connectivity index (χ1v) is 11.8. The molecule has 4 saturated carbocycles. The van der Waals surface area contributed by atoms with Gasteiger partial charge in [0.05, 0.1) is 35.7 Å². The van der Waals surface area contributed by atoms with Gasteiger partial charge in [-0.2, -0.15) is 0 Å². The smallest absolute Gasteiger partial charge is 0.339 e. The molecule has 0 aromatic heterocycles. The summed E-state index contributed by atoms with van der Waals surface area (Å²) in [7, 11) is -2.09. The zero-order chi connectivity index (χ0) is 22.4. The van der Waals surface area contributed by atoms with Crippen LogP contribution in [0.25, 0.3) is 0 Å². The monoisotopic (exact) mass is 450 g/mol. The van der Waals surface area contributed by atoms with Gasteiger partial charge in [-0.1, -0.05) is 0 Å². The summed E-state index contributed by atoms with van der Waals surface area (Å²) >= 11 is 0. The lowest BCUT2D eigenvalue weighted by Gasteiger charge is -2.55. The van der Waals surface area contributed by atoms with Crippen molar-refractivity contribution in [2.45, 2.75) is 43.4 Å². The van der Waals surface area contributed by atoms with E-state index >= 15 is 0 Å². The largest absolute Gasteiger partial charge is 0.465 e. The molecule has 4 aliphatic rings. The molecule has 4 bridgehead atoms. The molecule has 9 nitrogen and oxygen atoms in total. The van der Waals surface area contributed by atoms with E-state index < -0.39 is 32.3 Å². The first kappa shape index (κ1) is 21.8. The van der Waals surface area contributed by atoms with Gasteiger partial charge >= 0.3 is 11.9 Å². The van der Waals surface area contributed by atoms with Crippen molar-refractivity contribution in [3.05, 3.63) is 29.3 Å². The number of benzene rings is 1. The number of hydrogen-bond donors (Lipinski definition) is 2. The maximum absolute atomic E-state index is 13.1. The van der Waals surface area contributed by atoms with Gasteiger partial charge in [0.15, 0.2) is 0 Å². The number of esters is 2. The summed E-state index contributed by atoms with van der Waals surface area (Å²) in [6.45, 7) is 0. The molecule has 0 heterocycles. The van der Waals surface area contributed by atoms with E-state index in [-0.39, 0.29) is 17.0 Å². The predicted octanol–water partition coefficient (Wildman–Crippen LogP) is 1.79. The number of amides is 1. The molecule has 31 heavy (non-hydrogen) atoms. The molecular weight excluding hydrogens is 424 g/mol. The third-order valence-electron chi connectivity index (χ3n) is 6.92. The molecule has 0 spiro atoms. The predicted molar refractivity (Wildman–Crippen MR) is 108 cm³/mol. The third kappa shape index (κ3) is 3.94. The Labute approximate surface area is 180 Å². The Bertz CT molecular complexity index is 999. The Balaban J connectivity index is 1.57. The number of ether oxygens (including phenoxy) is 2. The standard InChI is InChI=1S/C21H26N2O7S/c1-29-18(24)15-3-4-16(19(25)30-2)17(8-15)31(27,28)23-22-20(26)21-9-12-5-13(10-21)7-14(6-12)11-21/h3-4,8,12-14,23H,5-7,9-11H2,1-2H3,(H,22,26). The second kappa shape index (κ2) is 7.90. The number of methoxy groups -OCH3 is 2. The van der Waals surface area contributed by atoms with Crippen molar-refractivity contribution < 1.29 is 32.3 Å². The molecular formula is C21H26N2O7S. The van der Waals surface area contributed by atoms with Crippen LogP contribution < -0.4 is 10.3 Å². The average molecular weight is 451 g/mol. The highest BCUT2D eigenvalue weighted by molar-refractivity contribution is 7.89. The second-order valence-electron chi connectivity index (χ2n) is 8.95. The highest BCUT2D eigenvalue weighted by Gasteiger charge is 2.54. The van der Waals surface area contributed by atoms with E-state index in [0.29, 0.717) is 17.8 Å². The van der Waals surface area contributed by atoms with Gasteiger partial charge < -0.3 is 9.47 Å². The lowest BCUT2D eigenvalue weighted by atomic mass is 9.49. The minimum absolute atomic E-state index is 0.0528. The van der Waals surface area contributed by atoms with Crippen molar-refractivity contribution >= 4 is 27.9 Å². The van der Waals surface area contributed by atoms with Crippen LogP contribution in [0.3, 0.4) is 0 Å². The van der Waals surface area contributed by atoms with Crippen molar-refractivity contribution in [1.82, 2.24) is 10.3 Å². The van der Waals surface area contributed by atoms with Crippen molar-refractivity contribution in [3.8, 4) is 0 Å². The molecule has 0 atom stereocenters. The molecule has 10 heteroatoms. The van der Waals surface area contributed by atoms with E-state index in [9.17, 15) is 22.8 Å². The molecule has 0 unspecified atom stereocenters. The Morgan fingerprint density at radius 3 is 2.00 bits per heavy atom. The normalized spacial score (nSPS) is 28.8. The van der Waals surface area contributed by atoms with Crippen molar-refractivity contribution in [3.63, 3.8) is 0 Å². The molecule has 4 fully saturated rings. The van der Waals surface area contributed by atoms with Crippen LogP contribution in [0.1, 0.15) is 59.2 Å². The molecule has 0 aliphatic heterocycles. The quantitative estimate of drug-likeness (QED) is 0.499. The van der Waals surface area contributed by atoms with Gasteiger partial charge in [-0.25, -0.2) is 18.0 Å². The van der Waals surface area contributed by atoms with E-state index in [1.54, 1.807) is 0 Å². The number of sulfonamides is 1. The summed E-state index contributed by atoms with van der Waals surface area (Å²) in [5, 5.41) is 0. The molecule has 1 aromatic rings. The minimum Gasteiger partial charge on any atom is -0.465 e. The van der Waals surface area contributed by atoms with Crippen LogP contribution in [0, 0.1) is 23.2 Å². The summed E-state index contributed by atoms with van der Waals surface area (Å²) in [6, 6.07) is 3.47. The van der Waals surface area contributed by atoms with Crippen molar-refractivity contribution in [1.29, 1.82) is 0 Å². The average Bonchev–Trinajstić information content (AvgIpc) is 2.75. The van der Waals surface area contributed by atoms with Gasteiger partial charge in [-0.05, 0) is 74.5 Å². The summed E-state index contributed by atoms with van der Waals surface area (Å²) in [4.78, 5) is 38.6. The number of nitrogens with one attached hydrogen (secondary N) is 2. The van der Waals surface area contributed by atoms with Crippen molar-refractivity contribution in [2.24, 2.45) is 23.2 Å². The first-order valence-electron chi connectivity index (χ1n) is 10.3. The van der Waals surface area contributed by atoms with Gasteiger partial charge in [0.2, 0.25) is 5.91 Å². The van der Waals surface area contributed by atoms with Crippen molar-refractivity contribution in [2.75, 3.05) is 14.2 Å². The Hall–Kier alpha value is -2.46. The molecule has 1 amide bonds. The number of carbonyl (C=O) groups excluding carboxylic acids is 3. The number of hydrogen-bond acceptors (Lipinski definition) is 7. The lowest BCUT2D eigenvalue weighted by Crippen LogP contribution is -2.56. The Morgan fingerprint density at radius 1 is 0.935 bits per heavy atom. The highest BCUT2D eigenvalue weighted by atomic mass is 32.2. The van der Waals surface area contributed by atoms with E-state index in [2.05, 4.69) is 19.7 Å². The first-order chi connectivity index (χ1) is 14.7. The van der Waals surface area contributed by atoms with Crippen LogP contribution in [0.5, 0.6) is 0 Å². The maximum Gasteiger partial charge on any atom is 0.339 e. The fraction of sp³-hybridized carbons (Fsp3) is 0.571. The Morgan fingerprint density at radius 2 is 1.48 bits per heavy atom. The molecule has 1 aromatic carbocycles. The van der Waals surface area contributed by atoms with Gasteiger partial charge in [-0.3, -0.25) is 10.2 Å². The summed E-state index contributed by atoms with van der Waals surface area (Å²) in [5.74, 6) is -0.405. The van der Waals surface area contributed by atoms with E-state index in [0.717, 1.165) is 58.8 Å². The molecule has 4 aliphatic carbocycles. The van der Waals surface area contributed by atoms with Crippen LogP contribution >= 0.6 is 0 Å². The van der Waals surface area contributed by atoms with E-state index in [4.69, 9.17) is 0 Å². The van der Waals surface area contributed by atoms with Gasteiger partial charge in [-0.15, -0.1) is 4.83 Å². The zero-order valence-electron chi connectivity index (χ0n) is 17.5. The van der Waals surface area contributed by atoms with Crippen LogP contribution in [0.2, 0.25) is 0 Å². The molecule has 2 N–H and O–H groups in total. The number of rotatable bonds is 6. The SMILES string of the molecule is COC(=O)c1ccc(C(=O)OC)c(S(=O)(=O)NNC(=O)C23CC4CC(CC(C4)C2)C3)c1.